The van der Waals surface area contributed by atoms with Crippen molar-refractivity contribution >= 4 is 27.3 Å². The third kappa shape index (κ3) is 3.88. The molecular weight excluding hydrogens is 348 g/mol. The van der Waals surface area contributed by atoms with Crippen LogP contribution in [0.1, 0.15) is 31.4 Å². The van der Waals surface area contributed by atoms with Gasteiger partial charge in [-0.2, -0.15) is 4.31 Å². The van der Waals surface area contributed by atoms with Gasteiger partial charge in [-0.3, -0.25) is 4.79 Å². The fraction of sp³-hybridized carbons (Fsp3) is 0.438. The van der Waals surface area contributed by atoms with E-state index in [4.69, 9.17) is 4.42 Å². The maximum Gasteiger partial charge on any atom is 0.252 e. The van der Waals surface area contributed by atoms with Crippen molar-refractivity contribution in [3.05, 3.63) is 41.7 Å². The fourth-order valence-corrected chi connectivity index (χ4v) is 5.72. The Morgan fingerprint density at radius 1 is 1.33 bits per heavy atom. The van der Waals surface area contributed by atoms with Crippen LogP contribution >= 0.6 is 11.3 Å². The number of carbonyl (C=O) groups is 1. The third-order valence-electron chi connectivity index (χ3n) is 4.09. The van der Waals surface area contributed by atoms with Crippen LogP contribution in [0.5, 0.6) is 0 Å². The second-order valence-corrected chi connectivity index (χ2v) is 8.82. The van der Waals surface area contributed by atoms with Crippen LogP contribution in [-0.2, 0) is 21.4 Å². The zero-order chi connectivity index (χ0) is 17.0. The van der Waals surface area contributed by atoms with Gasteiger partial charge in [0.1, 0.15) is 9.97 Å². The molecule has 24 heavy (non-hydrogen) atoms. The molecule has 1 aliphatic rings. The van der Waals surface area contributed by atoms with Crippen molar-refractivity contribution in [2.75, 3.05) is 6.54 Å². The molecular formula is C16H20N2O4S2. The molecule has 1 aliphatic heterocycles. The molecule has 8 heteroatoms. The Morgan fingerprint density at radius 3 is 2.92 bits per heavy atom. The number of piperidine rings is 1. The predicted octanol–water partition coefficient (Wildman–Crippen LogP) is 2.59. The van der Waals surface area contributed by atoms with Crippen LogP contribution in [0.2, 0.25) is 0 Å². The topological polar surface area (TPSA) is 79.6 Å². The quantitative estimate of drug-likeness (QED) is 0.850. The summed E-state index contributed by atoms with van der Waals surface area (Å²) < 4.78 is 32.6. The molecule has 1 unspecified atom stereocenters. The molecule has 0 saturated carbocycles. The molecule has 3 rings (SSSR count). The maximum atomic E-state index is 12.8. The van der Waals surface area contributed by atoms with Gasteiger partial charge >= 0.3 is 0 Å². The summed E-state index contributed by atoms with van der Waals surface area (Å²) >= 11 is 1.21. The monoisotopic (exact) mass is 368 g/mol. The summed E-state index contributed by atoms with van der Waals surface area (Å²) in [6.07, 6.45) is 4.20. The Labute approximate surface area is 145 Å². The molecule has 1 atom stereocenters. The van der Waals surface area contributed by atoms with Gasteiger partial charge in [0.15, 0.2) is 0 Å². The summed E-state index contributed by atoms with van der Waals surface area (Å²) in [7, 11) is -3.52. The average Bonchev–Trinajstić information content (AvgIpc) is 3.27. The molecule has 0 aromatic carbocycles. The normalized spacial score (nSPS) is 19.2. The number of furan rings is 1. The lowest BCUT2D eigenvalue weighted by Crippen LogP contribution is -2.45. The van der Waals surface area contributed by atoms with E-state index < -0.39 is 10.0 Å². The van der Waals surface area contributed by atoms with Gasteiger partial charge in [0.05, 0.1) is 12.8 Å². The number of thiophene rings is 1. The first kappa shape index (κ1) is 17.2. The molecule has 0 aliphatic carbocycles. The number of rotatable bonds is 6. The number of nitrogens with one attached hydrogen (secondary N) is 1. The summed E-state index contributed by atoms with van der Waals surface area (Å²) in [6, 6.07) is 6.60. The average molecular weight is 368 g/mol. The van der Waals surface area contributed by atoms with Crippen molar-refractivity contribution in [3.63, 3.8) is 0 Å². The molecule has 1 N–H and O–H groups in total. The summed E-state index contributed by atoms with van der Waals surface area (Å²) in [5.41, 5.74) is 0. The minimum atomic E-state index is -3.52. The first-order chi connectivity index (χ1) is 11.6. The van der Waals surface area contributed by atoms with E-state index in [9.17, 15) is 13.2 Å². The van der Waals surface area contributed by atoms with Crippen LogP contribution in [-0.4, -0.2) is 31.2 Å². The van der Waals surface area contributed by atoms with Crippen LogP contribution < -0.4 is 5.32 Å². The number of sulfonamides is 1. The lowest BCUT2D eigenvalue weighted by molar-refractivity contribution is -0.122. The summed E-state index contributed by atoms with van der Waals surface area (Å²) in [4.78, 5) is 12.2. The van der Waals surface area contributed by atoms with Gasteiger partial charge < -0.3 is 9.73 Å². The van der Waals surface area contributed by atoms with Crippen molar-refractivity contribution in [3.8, 4) is 0 Å². The van der Waals surface area contributed by atoms with Gasteiger partial charge in [-0.1, -0.05) is 12.5 Å². The van der Waals surface area contributed by atoms with Crippen molar-refractivity contribution in [1.29, 1.82) is 0 Å². The molecule has 2 aromatic heterocycles. The first-order valence-corrected chi connectivity index (χ1v) is 10.2. The molecule has 6 nitrogen and oxygen atoms in total. The fourth-order valence-electron chi connectivity index (χ4n) is 2.91. The van der Waals surface area contributed by atoms with Gasteiger partial charge in [0.25, 0.3) is 10.0 Å². The minimum Gasteiger partial charge on any atom is -0.467 e. The van der Waals surface area contributed by atoms with Crippen molar-refractivity contribution in [1.82, 2.24) is 9.62 Å². The highest BCUT2D eigenvalue weighted by Crippen LogP contribution is 2.29. The van der Waals surface area contributed by atoms with E-state index >= 15 is 0 Å². The molecule has 2 aromatic rings. The highest BCUT2D eigenvalue weighted by molar-refractivity contribution is 7.91. The number of carbonyl (C=O) groups excluding carboxylic acids is 1. The van der Waals surface area contributed by atoms with E-state index in [1.165, 1.54) is 15.6 Å². The van der Waals surface area contributed by atoms with Gasteiger partial charge in [-0.05, 0) is 36.4 Å². The van der Waals surface area contributed by atoms with Crippen LogP contribution in [0.25, 0.3) is 0 Å². The second kappa shape index (κ2) is 7.50. The van der Waals surface area contributed by atoms with Crippen LogP contribution in [0.4, 0.5) is 0 Å². The molecule has 0 spiro atoms. The predicted molar refractivity (Wildman–Crippen MR) is 91.0 cm³/mol. The summed E-state index contributed by atoms with van der Waals surface area (Å²) in [5.74, 6) is 0.514. The van der Waals surface area contributed by atoms with Crippen LogP contribution in [0.3, 0.4) is 0 Å². The van der Waals surface area contributed by atoms with Crippen molar-refractivity contribution in [2.24, 2.45) is 0 Å². The number of hydrogen-bond donors (Lipinski definition) is 1. The van der Waals surface area contributed by atoms with E-state index in [0.29, 0.717) is 29.5 Å². The Kier molecular flexibility index (Phi) is 5.37. The van der Waals surface area contributed by atoms with Crippen LogP contribution in [0.15, 0.2) is 44.5 Å². The SMILES string of the molecule is O=C(CC1CCCCN1S(=O)(=O)c1cccs1)NCc1ccco1. The molecule has 1 saturated heterocycles. The van der Waals surface area contributed by atoms with E-state index in [2.05, 4.69) is 5.32 Å². The molecule has 0 bridgehead atoms. The zero-order valence-electron chi connectivity index (χ0n) is 13.2. The molecule has 130 valence electrons. The second-order valence-electron chi connectivity index (χ2n) is 5.76. The van der Waals surface area contributed by atoms with Gasteiger partial charge in [-0.25, -0.2) is 8.42 Å². The third-order valence-corrected chi connectivity index (χ3v) is 7.42. The largest absolute Gasteiger partial charge is 0.467 e. The van der Waals surface area contributed by atoms with E-state index in [1.54, 1.807) is 35.9 Å². The first-order valence-electron chi connectivity index (χ1n) is 7.92. The smallest absolute Gasteiger partial charge is 0.252 e. The van der Waals surface area contributed by atoms with Gasteiger partial charge in [0, 0.05) is 19.0 Å². The lowest BCUT2D eigenvalue weighted by atomic mass is 10.0. The zero-order valence-corrected chi connectivity index (χ0v) is 14.8. The summed E-state index contributed by atoms with van der Waals surface area (Å²) in [6.45, 7) is 0.784. The minimum absolute atomic E-state index is 0.162. The number of nitrogens with zero attached hydrogens (tertiary/aromatic N) is 1. The molecule has 1 amide bonds. The highest BCUT2D eigenvalue weighted by atomic mass is 32.2. The summed E-state index contributed by atoms with van der Waals surface area (Å²) in [5, 5.41) is 4.54. The Bertz CT molecular complexity index is 754. The standard InChI is InChI=1S/C16H20N2O4S2/c19-15(17-12-14-6-3-9-22-14)11-13-5-1-2-8-18(13)24(20,21)16-7-4-10-23-16/h3-4,6-7,9-10,13H,1-2,5,8,11-12H2,(H,17,19). The highest BCUT2D eigenvalue weighted by Gasteiger charge is 2.35. The molecule has 1 fully saturated rings. The number of amides is 1. The molecule has 0 radical (unpaired) electrons. The van der Waals surface area contributed by atoms with Crippen molar-refractivity contribution < 1.29 is 17.6 Å². The number of hydrogen-bond acceptors (Lipinski definition) is 5. The lowest BCUT2D eigenvalue weighted by Gasteiger charge is -2.33. The van der Waals surface area contributed by atoms with Crippen molar-refractivity contribution in [2.45, 2.75) is 42.5 Å². The Balaban J connectivity index is 1.65. The Morgan fingerprint density at radius 2 is 2.21 bits per heavy atom. The molecule has 3 heterocycles. The van der Waals surface area contributed by atoms with E-state index in [-0.39, 0.29) is 18.4 Å². The van der Waals surface area contributed by atoms with Gasteiger partial charge in [0.2, 0.25) is 5.91 Å². The maximum absolute atomic E-state index is 12.8. The van der Waals surface area contributed by atoms with Crippen LogP contribution in [0, 0.1) is 0 Å². The Hall–Kier alpha value is -1.64. The van der Waals surface area contributed by atoms with Gasteiger partial charge in [-0.15, -0.1) is 11.3 Å². The van der Waals surface area contributed by atoms with E-state index in [0.717, 1.165) is 12.8 Å². The van der Waals surface area contributed by atoms with E-state index in [1.807, 2.05) is 0 Å².